The minimum atomic E-state index is -0.336. The first-order valence-electron chi connectivity index (χ1n) is 8.22. The maximum absolute atomic E-state index is 12.5. The summed E-state index contributed by atoms with van der Waals surface area (Å²) in [7, 11) is 0. The Morgan fingerprint density at radius 2 is 2.22 bits per heavy atom. The lowest BCUT2D eigenvalue weighted by Crippen LogP contribution is -2.37. The fraction of sp³-hybridized carbons (Fsp3) is 0.588. The van der Waals surface area contributed by atoms with E-state index in [1.54, 1.807) is 6.20 Å². The topological polar surface area (TPSA) is 77.0 Å². The summed E-state index contributed by atoms with van der Waals surface area (Å²) in [5.41, 5.74) is 7.28. The molecule has 2 aromatic rings. The van der Waals surface area contributed by atoms with Crippen LogP contribution in [0.1, 0.15) is 38.8 Å². The molecule has 6 nitrogen and oxygen atoms in total. The van der Waals surface area contributed by atoms with Crippen molar-refractivity contribution in [3.05, 3.63) is 24.0 Å². The minimum absolute atomic E-state index is 0.212. The summed E-state index contributed by atoms with van der Waals surface area (Å²) in [6, 6.07) is 4.00. The summed E-state index contributed by atoms with van der Waals surface area (Å²) in [6.07, 6.45) is 2.73. The molecule has 1 fully saturated rings. The van der Waals surface area contributed by atoms with E-state index in [9.17, 15) is 4.79 Å². The van der Waals surface area contributed by atoms with Crippen LogP contribution in [0.25, 0.3) is 11.0 Å². The average molecular weight is 315 g/mol. The molecule has 6 heteroatoms. The van der Waals surface area contributed by atoms with Gasteiger partial charge in [0, 0.05) is 42.6 Å². The molecule has 3 heterocycles. The number of hydrogen-bond acceptors (Lipinski definition) is 4. The molecule has 124 valence electrons. The maximum Gasteiger partial charge on any atom is 0.227 e. The molecular formula is C17H25N5O. The number of pyridine rings is 1. The third-order valence-corrected chi connectivity index (χ3v) is 4.38. The Balaban J connectivity index is 1.89. The minimum Gasteiger partial charge on any atom is -0.342 e. The highest BCUT2D eigenvalue weighted by Crippen LogP contribution is 2.33. The molecule has 0 unspecified atom stereocenters. The SMILES string of the molecule is CC(C)(C)C(=O)N1CC[C@H](c2nn(CCN)c3ncccc23)C1. The van der Waals surface area contributed by atoms with Gasteiger partial charge in [0.15, 0.2) is 5.65 Å². The number of nitrogens with two attached hydrogens (primary N) is 1. The highest BCUT2D eigenvalue weighted by molar-refractivity contribution is 5.82. The number of carbonyl (C=O) groups is 1. The normalized spacial score (nSPS) is 18.8. The van der Waals surface area contributed by atoms with Gasteiger partial charge in [-0.1, -0.05) is 20.8 Å². The van der Waals surface area contributed by atoms with E-state index in [0.29, 0.717) is 13.1 Å². The molecule has 1 saturated heterocycles. The van der Waals surface area contributed by atoms with Crippen molar-refractivity contribution in [2.24, 2.45) is 11.1 Å². The van der Waals surface area contributed by atoms with Gasteiger partial charge in [-0.05, 0) is 18.6 Å². The first-order valence-corrected chi connectivity index (χ1v) is 8.22. The number of hydrogen-bond donors (Lipinski definition) is 1. The monoisotopic (exact) mass is 315 g/mol. The summed E-state index contributed by atoms with van der Waals surface area (Å²) in [4.78, 5) is 18.9. The third-order valence-electron chi connectivity index (χ3n) is 4.38. The molecule has 1 atom stereocenters. The van der Waals surface area contributed by atoms with E-state index in [1.807, 2.05) is 36.4 Å². The van der Waals surface area contributed by atoms with Gasteiger partial charge in [-0.2, -0.15) is 5.10 Å². The van der Waals surface area contributed by atoms with Gasteiger partial charge in [0.1, 0.15) is 0 Å². The fourth-order valence-electron chi connectivity index (χ4n) is 3.26. The Hall–Kier alpha value is -1.95. The summed E-state index contributed by atoms with van der Waals surface area (Å²) >= 11 is 0. The Kier molecular flexibility index (Phi) is 4.10. The molecule has 1 amide bonds. The van der Waals surface area contributed by atoms with E-state index in [2.05, 4.69) is 11.1 Å². The van der Waals surface area contributed by atoms with Crippen LogP contribution in [0.15, 0.2) is 18.3 Å². The number of nitrogens with zero attached hydrogens (tertiary/aromatic N) is 4. The molecule has 0 radical (unpaired) electrons. The Bertz CT molecular complexity index is 715. The number of fused-ring (bicyclic) bond motifs is 1. The second-order valence-electron chi connectivity index (χ2n) is 7.26. The zero-order chi connectivity index (χ0) is 16.6. The van der Waals surface area contributed by atoms with E-state index in [4.69, 9.17) is 10.8 Å². The van der Waals surface area contributed by atoms with Crippen molar-refractivity contribution in [2.75, 3.05) is 19.6 Å². The zero-order valence-electron chi connectivity index (χ0n) is 14.1. The van der Waals surface area contributed by atoms with Crippen LogP contribution < -0.4 is 5.73 Å². The van der Waals surface area contributed by atoms with Crippen molar-refractivity contribution in [3.63, 3.8) is 0 Å². The molecule has 1 aliphatic heterocycles. The van der Waals surface area contributed by atoms with Gasteiger partial charge < -0.3 is 10.6 Å². The van der Waals surface area contributed by atoms with Crippen LogP contribution >= 0.6 is 0 Å². The molecular weight excluding hydrogens is 290 g/mol. The van der Waals surface area contributed by atoms with Crippen LogP contribution in [-0.4, -0.2) is 45.2 Å². The van der Waals surface area contributed by atoms with Gasteiger partial charge in [0.25, 0.3) is 0 Å². The van der Waals surface area contributed by atoms with Crippen LogP contribution in [0, 0.1) is 5.41 Å². The predicted molar refractivity (Wildman–Crippen MR) is 90.0 cm³/mol. The van der Waals surface area contributed by atoms with Gasteiger partial charge >= 0.3 is 0 Å². The van der Waals surface area contributed by atoms with Crippen molar-refractivity contribution in [1.29, 1.82) is 0 Å². The number of carbonyl (C=O) groups excluding carboxylic acids is 1. The lowest BCUT2D eigenvalue weighted by Gasteiger charge is -2.25. The van der Waals surface area contributed by atoms with Crippen molar-refractivity contribution in [3.8, 4) is 0 Å². The van der Waals surface area contributed by atoms with Crippen LogP contribution in [0.5, 0.6) is 0 Å². The number of rotatable bonds is 3. The Labute approximate surface area is 136 Å². The molecule has 1 aliphatic rings. The Morgan fingerprint density at radius 1 is 1.43 bits per heavy atom. The van der Waals surface area contributed by atoms with E-state index in [-0.39, 0.29) is 17.2 Å². The van der Waals surface area contributed by atoms with Gasteiger partial charge in [-0.15, -0.1) is 0 Å². The molecule has 2 N–H and O–H groups in total. The first-order chi connectivity index (χ1) is 10.9. The fourth-order valence-corrected chi connectivity index (χ4v) is 3.26. The van der Waals surface area contributed by atoms with E-state index in [0.717, 1.165) is 36.2 Å². The molecule has 0 saturated carbocycles. The Morgan fingerprint density at radius 3 is 2.91 bits per heavy atom. The van der Waals surface area contributed by atoms with Gasteiger partial charge in [-0.3, -0.25) is 4.79 Å². The summed E-state index contributed by atoms with van der Waals surface area (Å²) in [6.45, 7) is 8.64. The second kappa shape index (κ2) is 5.92. The number of likely N-dealkylation sites (tertiary alicyclic amines) is 1. The smallest absolute Gasteiger partial charge is 0.227 e. The van der Waals surface area contributed by atoms with Gasteiger partial charge in [0.05, 0.1) is 12.2 Å². The molecule has 0 bridgehead atoms. The standard InChI is InChI=1S/C17H25N5O/c1-17(2,3)16(23)21-9-6-12(11-21)14-13-5-4-8-19-15(13)22(20-14)10-7-18/h4-5,8,12H,6-7,9-11,18H2,1-3H3/t12-/m0/s1. The summed E-state index contributed by atoms with van der Waals surface area (Å²) in [5.74, 6) is 0.482. The van der Waals surface area contributed by atoms with Crippen LogP contribution in [0.2, 0.25) is 0 Å². The van der Waals surface area contributed by atoms with Crippen molar-refractivity contribution in [1.82, 2.24) is 19.7 Å². The molecule has 3 rings (SSSR count). The lowest BCUT2D eigenvalue weighted by molar-refractivity contribution is -0.138. The molecule has 0 spiro atoms. The number of aromatic nitrogens is 3. The van der Waals surface area contributed by atoms with Crippen LogP contribution in [0.3, 0.4) is 0 Å². The highest BCUT2D eigenvalue weighted by Gasteiger charge is 2.35. The van der Waals surface area contributed by atoms with Crippen LogP contribution in [-0.2, 0) is 11.3 Å². The van der Waals surface area contributed by atoms with Gasteiger partial charge in [0.2, 0.25) is 5.91 Å². The van der Waals surface area contributed by atoms with Crippen molar-refractivity contribution >= 4 is 16.9 Å². The molecule has 2 aromatic heterocycles. The van der Waals surface area contributed by atoms with E-state index >= 15 is 0 Å². The second-order valence-corrected chi connectivity index (χ2v) is 7.26. The largest absolute Gasteiger partial charge is 0.342 e. The first kappa shape index (κ1) is 15.9. The van der Waals surface area contributed by atoms with E-state index < -0.39 is 0 Å². The third kappa shape index (κ3) is 2.95. The number of amides is 1. The maximum atomic E-state index is 12.5. The van der Waals surface area contributed by atoms with Crippen molar-refractivity contribution in [2.45, 2.75) is 39.7 Å². The average Bonchev–Trinajstić information content (AvgIpc) is 3.11. The van der Waals surface area contributed by atoms with Gasteiger partial charge in [-0.25, -0.2) is 9.67 Å². The predicted octanol–water partition coefficient (Wildman–Crippen LogP) is 1.75. The van der Waals surface area contributed by atoms with E-state index in [1.165, 1.54) is 0 Å². The highest BCUT2D eigenvalue weighted by atomic mass is 16.2. The lowest BCUT2D eigenvalue weighted by atomic mass is 9.95. The molecule has 23 heavy (non-hydrogen) atoms. The molecule has 0 aliphatic carbocycles. The quantitative estimate of drug-likeness (QED) is 0.936. The van der Waals surface area contributed by atoms with Crippen LogP contribution in [0.4, 0.5) is 0 Å². The summed E-state index contributed by atoms with van der Waals surface area (Å²) in [5, 5.41) is 5.83. The zero-order valence-corrected chi connectivity index (χ0v) is 14.1. The van der Waals surface area contributed by atoms with Crippen molar-refractivity contribution < 1.29 is 4.79 Å². The summed E-state index contributed by atoms with van der Waals surface area (Å²) < 4.78 is 1.89. The molecule has 0 aromatic carbocycles.